The van der Waals surface area contributed by atoms with Crippen molar-refractivity contribution in [3.63, 3.8) is 0 Å². The SMILES string of the molecule is COc1ccc(N(Cc2ccc(O[Si](C)(C)C(C)(C)C)cc2OC)C(=O)CNC(=O)OC(C)(C)C)cc1. The Labute approximate surface area is 222 Å². The Bertz CT molecular complexity index is 1070. The molecule has 2 rings (SSSR count). The third-order valence-corrected chi connectivity index (χ3v) is 10.6. The lowest BCUT2D eigenvalue weighted by atomic mass is 10.1. The predicted molar refractivity (Wildman–Crippen MR) is 149 cm³/mol. The van der Waals surface area contributed by atoms with Crippen LogP contribution in [0.3, 0.4) is 0 Å². The van der Waals surface area contributed by atoms with Crippen molar-refractivity contribution < 1.29 is 28.2 Å². The molecule has 0 spiro atoms. The van der Waals surface area contributed by atoms with E-state index in [0.717, 1.165) is 11.3 Å². The molecule has 2 aromatic carbocycles. The van der Waals surface area contributed by atoms with Gasteiger partial charge < -0.3 is 28.9 Å². The van der Waals surface area contributed by atoms with E-state index < -0.39 is 20.0 Å². The van der Waals surface area contributed by atoms with Crippen molar-refractivity contribution in [1.29, 1.82) is 0 Å². The molecule has 0 fully saturated rings. The van der Waals surface area contributed by atoms with E-state index in [0.29, 0.717) is 17.2 Å². The van der Waals surface area contributed by atoms with Crippen LogP contribution in [0.1, 0.15) is 47.1 Å². The van der Waals surface area contributed by atoms with E-state index in [1.807, 2.05) is 18.2 Å². The first-order chi connectivity index (χ1) is 17.1. The van der Waals surface area contributed by atoms with Crippen LogP contribution in [0.4, 0.5) is 10.5 Å². The minimum absolute atomic E-state index is 0.0532. The molecule has 1 N–H and O–H groups in total. The number of alkyl carbamates (subject to hydrolysis) is 1. The molecule has 37 heavy (non-hydrogen) atoms. The summed E-state index contributed by atoms with van der Waals surface area (Å²) < 4.78 is 22.6. The topological polar surface area (TPSA) is 86.3 Å². The van der Waals surface area contributed by atoms with Gasteiger partial charge in [-0.3, -0.25) is 4.79 Å². The van der Waals surface area contributed by atoms with Crippen LogP contribution in [0.25, 0.3) is 0 Å². The van der Waals surface area contributed by atoms with Gasteiger partial charge in [-0.1, -0.05) is 20.8 Å². The summed E-state index contributed by atoms with van der Waals surface area (Å²) in [5.41, 5.74) is 0.789. The largest absolute Gasteiger partial charge is 0.543 e. The van der Waals surface area contributed by atoms with E-state index in [2.05, 4.69) is 39.2 Å². The first-order valence-electron chi connectivity index (χ1n) is 12.3. The molecular formula is C28H42N2O6Si. The van der Waals surface area contributed by atoms with Gasteiger partial charge in [-0.2, -0.15) is 0 Å². The van der Waals surface area contributed by atoms with Crippen molar-refractivity contribution in [3.8, 4) is 17.2 Å². The van der Waals surface area contributed by atoms with Gasteiger partial charge in [0.2, 0.25) is 14.2 Å². The number of hydrogen-bond donors (Lipinski definition) is 1. The van der Waals surface area contributed by atoms with Crippen LogP contribution in [-0.2, 0) is 16.1 Å². The van der Waals surface area contributed by atoms with Gasteiger partial charge in [-0.05, 0) is 75.3 Å². The van der Waals surface area contributed by atoms with Crippen molar-refractivity contribution in [3.05, 3.63) is 48.0 Å². The van der Waals surface area contributed by atoms with Gasteiger partial charge in [0.25, 0.3) is 0 Å². The third kappa shape index (κ3) is 8.70. The summed E-state index contributed by atoms with van der Waals surface area (Å²) >= 11 is 0. The Kier molecular flexibility index (Phi) is 9.65. The Morgan fingerprint density at radius 2 is 1.49 bits per heavy atom. The molecule has 0 saturated heterocycles. The van der Waals surface area contributed by atoms with Gasteiger partial charge >= 0.3 is 6.09 Å². The van der Waals surface area contributed by atoms with Crippen LogP contribution in [0.5, 0.6) is 17.2 Å². The fourth-order valence-electron chi connectivity index (χ4n) is 3.18. The van der Waals surface area contributed by atoms with E-state index in [1.54, 1.807) is 64.2 Å². The fourth-order valence-corrected chi connectivity index (χ4v) is 4.20. The highest BCUT2D eigenvalue weighted by Gasteiger charge is 2.39. The fraction of sp³-hybridized carbons (Fsp3) is 0.500. The second kappa shape index (κ2) is 11.9. The second-order valence-corrected chi connectivity index (χ2v) is 16.1. The Hall–Kier alpha value is -3.20. The first kappa shape index (κ1) is 30.0. The van der Waals surface area contributed by atoms with Crippen LogP contribution in [0, 0.1) is 0 Å². The zero-order valence-electron chi connectivity index (χ0n) is 23.9. The van der Waals surface area contributed by atoms with Crippen molar-refractivity contribution in [2.24, 2.45) is 0 Å². The highest BCUT2D eigenvalue weighted by atomic mass is 28.4. The summed E-state index contributed by atoms with van der Waals surface area (Å²) in [6.07, 6.45) is -0.653. The number of amides is 2. The molecule has 0 aliphatic heterocycles. The molecule has 0 aliphatic carbocycles. The summed E-state index contributed by atoms with van der Waals surface area (Å²) in [5, 5.41) is 2.60. The maximum atomic E-state index is 13.3. The maximum absolute atomic E-state index is 13.3. The molecule has 0 unspecified atom stereocenters. The molecule has 204 valence electrons. The first-order valence-corrected chi connectivity index (χ1v) is 15.2. The molecule has 0 bridgehead atoms. The quantitative estimate of drug-likeness (QED) is 0.392. The van der Waals surface area contributed by atoms with Crippen molar-refractivity contribution in [2.45, 2.75) is 71.8 Å². The zero-order chi connectivity index (χ0) is 28.0. The van der Waals surface area contributed by atoms with E-state index in [9.17, 15) is 9.59 Å². The lowest BCUT2D eigenvalue weighted by molar-refractivity contribution is -0.118. The highest BCUT2D eigenvalue weighted by Crippen LogP contribution is 2.38. The number of anilines is 1. The number of ether oxygens (including phenoxy) is 3. The molecule has 2 amide bonds. The highest BCUT2D eigenvalue weighted by molar-refractivity contribution is 6.74. The van der Waals surface area contributed by atoms with Gasteiger partial charge in [0.05, 0.1) is 20.8 Å². The Balaban J connectivity index is 2.32. The summed E-state index contributed by atoms with van der Waals surface area (Å²) in [7, 11) is 1.15. The van der Waals surface area contributed by atoms with Crippen molar-refractivity contribution in [2.75, 3.05) is 25.7 Å². The second-order valence-electron chi connectivity index (χ2n) is 11.4. The lowest BCUT2D eigenvalue weighted by Gasteiger charge is -2.36. The third-order valence-electron chi connectivity index (χ3n) is 6.23. The smallest absolute Gasteiger partial charge is 0.408 e. The number of carbonyl (C=O) groups excluding carboxylic acids is 2. The normalized spacial score (nSPS) is 11.9. The number of rotatable bonds is 9. The molecule has 2 aromatic rings. The number of nitrogens with one attached hydrogen (secondary N) is 1. The van der Waals surface area contributed by atoms with Crippen molar-refractivity contribution >= 4 is 26.0 Å². The summed E-state index contributed by atoms with van der Waals surface area (Å²) in [6.45, 7) is 16.2. The lowest BCUT2D eigenvalue weighted by Crippen LogP contribution is -2.43. The molecule has 0 radical (unpaired) electrons. The van der Waals surface area contributed by atoms with Gasteiger partial charge in [-0.25, -0.2) is 4.79 Å². The van der Waals surface area contributed by atoms with Crippen LogP contribution < -0.4 is 24.1 Å². The van der Waals surface area contributed by atoms with E-state index in [-0.39, 0.29) is 24.0 Å². The van der Waals surface area contributed by atoms with Gasteiger partial charge in [0.1, 0.15) is 29.4 Å². The van der Waals surface area contributed by atoms with Crippen LogP contribution in [-0.4, -0.2) is 46.7 Å². The number of carbonyl (C=O) groups is 2. The molecule has 0 atom stereocenters. The van der Waals surface area contributed by atoms with E-state index in [1.165, 1.54) is 0 Å². The standard InChI is InChI=1S/C28H42N2O6Si/c1-27(2,3)35-26(32)29-18-25(31)30(21-12-15-22(33-7)16-13-21)19-20-11-14-23(17-24(20)34-8)36-37(9,10)28(4,5)6/h11-17H,18-19H2,1-10H3,(H,29,32). The minimum Gasteiger partial charge on any atom is -0.543 e. The minimum atomic E-state index is -2.03. The molecule has 9 heteroatoms. The van der Waals surface area contributed by atoms with Gasteiger partial charge in [0.15, 0.2) is 0 Å². The number of nitrogens with zero attached hydrogens (tertiary/aromatic N) is 1. The molecular weight excluding hydrogens is 488 g/mol. The zero-order valence-corrected chi connectivity index (χ0v) is 24.9. The summed E-state index contributed by atoms with van der Waals surface area (Å²) in [4.78, 5) is 27.0. The molecule has 8 nitrogen and oxygen atoms in total. The number of benzene rings is 2. The molecule has 0 aliphatic rings. The molecule has 0 aromatic heterocycles. The molecule has 0 saturated carbocycles. The monoisotopic (exact) mass is 530 g/mol. The maximum Gasteiger partial charge on any atom is 0.408 e. The Morgan fingerprint density at radius 3 is 2.00 bits per heavy atom. The van der Waals surface area contributed by atoms with Crippen molar-refractivity contribution in [1.82, 2.24) is 5.32 Å². The van der Waals surface area contributed by atoms with Gasteiger partial charge in [0, 0.05) is 17.3 Å². The Morgan fingerprint density at radius 1 is 0.892 bits per heavy atom. The molecule has 0 heterocycles. The average molecular weight is 531 g/mol. The van der Waals surface area contributed by atoms with Gasteiger partial charge in [-0.15, -0.1) is 0 Å². The number of hydrogen-bond acceptors (Lipinski definition) is 6. The van der Waals surface area contributed by atoms with E-state index in [4.69, 9.17) is 18.6 Å². The average Bonchev–Trinajstić information content (AvgIpc) is 2.79. The van der Waals surface area contributed by atoms with Crippen LogP contribution in [0.15, 0.2) is 42.5 Å². The van der Waals surface area contributed by atoms with Crippen LogP contribution in [0.2, 0.25) is 18.1 Å². The van der Waals surface area contributed by atoms with E-state index >= 15 is 0 Å². The van der Waals surface area contributed by atoms with Crippen LogP contribution >= 0.6 is 0 Å². The summed E-state index contributed by atoms with van der Waals surface area (Å²) in [6, 6.07) is 12.8. The predicted octanol–water partition coefficient (Wildman–Crippen LogP) is 6.15. The summed E-state index contributed by atoms with van der Waals surface area (Å²) in [5.74, 6) is 1.72. The number of methoxy groups -OCH3 is 2.